The van der Waals surface area contributed by atoms with Crippen LogP contribution in [0.15, 0.2) is 72.2 Å². The number of aliphatic hydroxyl groups excluding tert-OH is 2. The molecule has 2 N–H and O–H groups in total. The molecule has 0 saturated carbocycles. The summed E-state index contributed by atoms with van der Waals surface area (Å²) in [5, 5.41) is 18.6. The zero-order chi connectivity index (χ0) is 19.7. The van der Waals surface area contributed by atoms with Gasteiger partial charge in [0.05, 0.1) is 11.1 Å². The predicted molar refractivity (Wildman–Crippen MR) is 105 cm³/mol. The van der Waals surface area contributed by atoms with Crippen molar-refractivity contribution in [3.63, 3.8) is 0 Å². The van der Waals surface area contributed by atoms with Crippen molar-refractivity contribution in [2.75, 3.05) is 0 Å². The number of Topliss-reactive ketones (excluding diaryl/α,β-unsaturated/α-hetero) is 2. The van der Waals surface area contributed by atoms with Gasteiger partial charge in [-0.1, -0.05) is 60.7 Å². The summed E-state index contributed by atoms with van der Waals surface area (Å²) in [6, 6.07) is 18.3. The van der Waals surface area contributed by atoms with E-state index < -0.39 is 0 Å². The van der Waals surface area contributed by atoms with Crippen LogP contribution in [0.1, 0.15) is 38.8 Å². The topological polar surface area (TPSA) is 74.6 Å². The van der Waals surface area contributed by atoms with E-state index in [4.69, 9.17) is 0 Å². The van der Waals surface area contributed by atoms with Gasteiger partial charge < -0.3 is 10.2 Å². The van der Waals surface area contributed by atoms with Crippen LogP contribution in [0.3, 0.4) is 0 Å². The summed E-state index contributed by atoms with van der Waals surface area (Å²) >= 11 is 0. The van der Waals surface area contributed by atoms with Crippen LogP contribution in [0, 0.1) is 0 Å². The average Bonchev–Trinajstić information content (AvgIpc) is 2.56. The van der Waals surface area contributed by atoms with Gasteiger partial charge in [0.1, 0.15) is 11.5 Å². The molecule has 2 aromatic rings. The molecule has 0 spiro atoms. The quantitative estimate of drug-likeness (QED) is 0.412. The van der Waals surface area contributed by atoms with E-state index in [1.165, 1.54) is 27.7 Å². The van der Waals surface area contributed by atoms with Gasteiger partial charge in [-0.05, 0) is 38.8 Å². The maximum Gasteiger partial charge on any atom is 0.163 e. The first kappa shape index (κ1) is 24.4. The minimum Gasteiger partial charge on any atom is -0.512 e. The fraction of sp³-hybridized carbons (Fsp3) is 0.182. The van der Waals surface area contributed by atoms with Crippen molar-refractivity contribution in [1.29, 1.82) is 0 Å². The third-order valence-corrected chi connectivity index (χ3v) is 3.55. The van der Waals surface area contributed by atoms with Crippen molar-refractivity contribution < 1.29 is 36.9 Å². The summed E-state index contributed by atoms with van der Waals surface area (Å²) in [7, 11) is 0. The molecule has 0 fully saturated rings. The Bertz CT molecular complexity index is 742. The van der Waals surface area contributed by atoms with E-state index in [0.717, 1.165) is 11.1 Å². The van der Waals surface area contributed by atoms with E-state index in [2.05, 4.69) is 0 Å². The Hall–Kier alpha value is -2.62. The number of hydrogen-bond acceptors (Lipinski definition) is 4. The molecule has 0 aliphatic rings. The number of carbonyl (C=O) groups is 2. The van der Waals surface area contributed by atoms with E-state index in [0.29, 0.717) is 11.1 Å². The second kappa shape index (κ2) is 11.9. The van der Waals surface area contributed by atoms with E-state index >= 15 is 0 Å². The number of allylic oxidation sites excluding steroid dienone is 4. The molecule has 0 aliphatic carbocycles. The summed E-state index contributed by atoms with van der Waals surface area (Å²) in [6.45, 7) is 5.93. The molecular weight excluding hydrogens is 392 g/mol. The minimum atomic E-state index is -0.119. The van der Waals surface area contributed by atoms with Crippen LogP contribution in [0.2, 0.25) is 0 Å². The van der Waals surface area contributed by atoms with Crippen LogP contribution >= 0.6 is 0 Å². The molecule has 2 aromatic carbocycles. The summed E-state index contributed by atoms with van der Waals surface area (Å²) in [5.41, 5.74) is 2.30. The Morgan fingerprint density at radius 3 is 1.04 bits per heavy atom. The van der Waals surface area contributed by atoms with E-state index in [1.54, 1.807) is 24.3 Å². The molecule has 0 bridgehead atoms. The molecule has 147 valence electrons. The average molecular weight is 416 g/mol. The van der Waals surface area contributed by atoms with Crippen LogP contribution in [0.25, 0.3) is 11.1 Å². The van der Waals surface area contributed by atoms with Crippen molar-refractivity contribution in [1.82, 2.24) is 0 Å². The van der Waals surface area contributed by atoms with Crippen LogP contribution in [0.5, 0.6) is 0 Å². The molecule has 0 aromatic heterocycles. The number of ketones is 2. The summed E-state index contributed by atoms with van der Waals surface area (Å²) < 4.78 is 0. The maximum absolute atomic E-state index is 11.2. The molecule has 2 rings (SSSR count). The molecule has 0 saturated heterocycles. The molecule has 1 radical (unpaired) electrons. The Morgan fingerprint density at radius 2 is 0.852 bits per heavy atom. The number of rotatable bonds is 4. The minimum absolute atomic E-state index is 0. The molecule has 0 unspecified atom stereocenters. The van der Waals surface area contributed by atoms with E-state index in [1.807, 2.05) is 36.4 Å². The smallest absolute Gasteiger partial charge is 0.163 e. The van der Waals surface area contributed by atoms with Gasteiger partial charge in [-0.3, -0.25) is 9.59 Å². The fourth-order valence-corrected chi connectivity index (χ4v) is 2.54. The Morgan fingerprint density at radius 1 is 0.593 bits per heavy atom. The van der Waals surface area contributed by atoms with Crippen LogP contribution in [0.4, 0.5) is 0 Å². The zero-order valence-corrected chi connectivity index (χ0v) is 16.7. The summed E-state index contributed by atoms with van der Waals surface area (Å²) in [4.78, 5) is 22.3. The number of aliphatic hydroxyl groups is 2. The van der Waals surface area contributed by atoms with Gasteiger partial charge in [-0.2, -0.15) is 0 Å². The standard InChI is InChI=1S/2C11H12O2.Cu/c2*1-8(12)11(9(2)13)10-6-4-3-5-7-10;/h2*3-7,12H,1-2H3;/b2*11-8+;. The van der Waals surface area contributed by atoms with E-state index in [9.17, 15) is 19.8 Å². The second-order valence-electron chi connectivity index (χ2n) is 5.77. The third-order valence-electron chi connectivity index (χ3n) is 3.55. The second-order valence-corrected chi connectivity index (χ2v) is 5.77. The van der Waals surface area contributed by atoms with Gasteiger partial charge in [0.15, 0.2) is 11.6 Å². The third kappa shape index (κ3) is 7.65. The van der Waals surface area contributed by atoms with Gasteiger partial charge in [0.25, 0.3) is 0 Å². The predicted octanol–water partition coefficient (Wildman–Crippen LogP) is 5.13. The maximum atomic E-state index is 11.2. The van der Waals surface area contributed by atoms with Crippen molar-refractivity contribution in [3.05, 3.63) is 83.3 Å². The van der Waals surface area contributed by atoms with Crippen molar-refractivity contribution >= 4 is 22.7 Å². The van der Waals surface area contributed by atoms with Crippen molar-refractivity contribution in [3.8, 4) is 0 Å². The van der Waals surface area contributed by atoms with Gasteiger partial charge in [-0.25, -0.2) is 0 Å². The first-order chi connectivity index (χ1) is 12.3. The zero-order valence-electron chi connectivity index (χ0n) is 15.8. The molecule has 0 aliphatic heterocycles. The monoisotopic (exact) mass is 415 g/mol. The molecule has 4 nitrogen and oxygen atoms in total. The fourth-order valence-electron chi connectivity index (χ4n) is 2.54. The molecular formula is C22H24CuO4. The van der Waals surface area contributed by atoms with Gasteiger partial charge >= 0.3 is 0 Å². The SMILES string of the molecule is CC(=O)/C(=C(/C)O)c1ccccc1.CC(=O)/C(=C(/C)O)c1ccccc1.[Cu]. The Balaban J connectivity index is 0.000000483. The summed E-state index contributed by atoms with van der Waals surface area (Å²) in [5.74, 6) is -0.102. The van der Waals surface area contributed by atoms with Gasteiger partial charge in [0.2, 0.25) is 0 Å². The number of hydrogen-bond donors (Lipinski definition) is 2. The van der Waals surface area contributed by atoms with Gasteiger partial charge in [0, 0.05) is 17.1 Å². The van der Waals surface area contributed by atoms with Gasteiger partial charge in [-0.15, -0.1) is 0 Å². The molecule has 0 heterocycles. The van der Waals surface area contributed by atoms with Crippen LogP contribution < -0.4 is 0 Å². The molecule has 0 atom stereocenters. The van der Waals surface area contributed by atoms with E-state index in [-0.39, 0.29) is 40.2 Å². The Labute approximate surface area is 170 Å². The number of benzene rings is 2. The first-order valence-electron chi connectivity index (χ1n) is 8.18. The summed E-state index contributed by atoms with van der Waals surface area (Å²) in [6.07, 6.45) is 0. The van der Waals surface area contributed by atoms with Crippen LogP contribution in [-0.2, 0) is 26.7 Å². The van der Waals surface area contributed by atoms with Crippen LogP contribution in [-0.4, -0.2) is 21.8 Å². The number of carbonyl (C=O) groups excluding carboxylic acids is 2. The Kier molecular flexibility index (Phi) is 10.7. The van der Waals surface area contributed by atoms with Crippen molar-refractivity contribution in [2.45, 2.75) is 27.7 Å². The largest absolute Gasteiger partial charge is 0.512 e. The molecule has 5 heteroatoms. The van der Waals surface area contributed by atoms with Crippen molar-refractivity contribution in [2.24, 2.45) is 0 Å². The normalized spacial score (nSPS) is 11.7. The molecule has 0 amide bonds. The molecule has 27 heavy (non-hydrogen) atoms. The first-order valence-corrected chi connectivity index (χ1v) is 8.18.